The molecule has 7 nitrogen and oxygen atoms in total. The van der Waals surface area contributed by atoms with Gasteiger partial charge >= 0.3 is 6.03 Å². The lowest BCUT2D eigenvalue weighted by Crippen LogP contribution is -2.32. The number of anilines is 1. The standard InChI is InChI=1S/C18H19N5O2/c1-12-19-17-7-4-15(11-23(17)21-12)20-18(25)22-9-8-14(10-22)13-2-5-16(24)6-3-13/h2-7,11,14,24H,8-10H2,1H3,(H,20,25). The number of fused-ring (bicyclic) bond motifs is 1. The van der Waals surface area contributed by atoms with Gasteiger partial charge in [-0.2, -0.15) is 5.10 Å². The monoisotopic (exact) mass is 337 g/mol. The number of aromatic nitrogens is 3. The van der Waals surface area contributed by atoms with Gasteiger partial charge in [-0.15, -0.1) is 0 Å². The molecule has 0 saturated carbocycles. The lowest BCUT2D eigenvalue weighted by atomic mass is 9.98. The Morgan fingerprint density at radius 1 is 1.24 bits per heavy atom. The first kappa shape index (κ1) is 15.4. The van der Waals surface area contributed by atoms with Crippen LogP contribution in [0.3, 0.4) is 0 Å². The number of pyridine rings is 1. The van der Waals surface area contributed by atoms with Crippen LogP contribution in [0.25, 0.3) is 5.65 Å². The molecule has 1 saturated heterocycles. The second-order valence-electron chi connectivity index (χ2n) is 6.33. The summed E-state index contributed by atoms with van der Waals surface area (Å²) in [6, 6.07) is 10.8. The highest BCUT2D eigenvalue weighted by atomic mass is 16.3. The molecule has 128 valence electrons. The number of carbonyl (C=O) groups is 1. The van der Waals surface area contributed by atoms with Gasteiger partial charge in [-0.25, -0.2) is 14.3 Å². The van der Waals surface area contributed by atoms with Crippen LogP contribution in [0.1, 0.15) is 23.7 Å². The SMILES string of the molecule is Cc1nc2ccc(NC(=O)N3CCC(c4ccc(O)cc4)C3)cn2n1. The van der Waals surface area contributed by atoms with Crippen molar-refractivity contribution in [2.75, 3.05) is 18.4 Å². The average molecular weight is 337 g/mol. The second kappa shape index (κ2) is 6.08. The minimum absolute atomic E-state index is 0.113. The normalized spacial score (nSPS) is 17.2. The van der Waals surface area contributed by atoms with Crippen molar-refractivity contribution in [3.05, 3.63) is 54.0 Å². The molecule has 1 fully saturated rings. The van der Waals surface area contributed by atoms with Gasteiger partial charge in [0.15, 0.2) is 5.65 Å². The number of hydrogen-bond donors (Lipinski definition) is 2. The first-order valence-corrected chi connectivity index (χ1v) is 8.26. The van der Waals surface area contributed by atoms with E-state index in [1.54, 1.807) is 22.8 Å². The van der Waals surface area contributed by atoms with E-state index >= 15 is 0 Å². The minimum Gasteiger partial charge on any atom is -0.508 e. The van der Waals surface area contributed by atoms with Gasteiger partial charge < -0.3 is 15.3 Å². The summed E-state index contributed by atoms with van der Waals surface area (Å²) in [7, 11) is 0. The first-order chi connectivity index (χ1) is 12.1. The van der Waals surface area contributed by atoms with Crippen molar-refractivity contribution in [1.29, 1.82) is 0 Å². The van der Waals surface area contributed by atoms with Gasteiger partial charge in [-0.1, -0.05) is 12.1 Å². The Labute approximate surface area is 144 Å². The fourth-order valence-electron chi connectivity index (χ4n) is 3.23. The molecule has 0 radical (unpaired) electrons. The Hall–Kier alpha value is -3.09. The first-order valence-electron chi connectivity index (χ1n) is 8.26. The van der Waals surface area contributed by atoms with Crippen LogP contribution in [0.2, 0.25) is 0 Å². The predicted molar refractivity (Wildman–Crippen MR) is 93.8 cm³/mol. The number of aryl methyl sites for hydroxylation is 1. The molecule has 0 aliphatic carbocycles. The molecule has 0 bridgehead atoms. The average Bonchev–Trinajstić information content (AvgIpc) is 3.21. The van der Waals surface area contributed by atoms with Crippen molar-refractivity contribution in [3.63, 3.8) is 0 Å². The molecular weight excluding hydrogens is 318 g/mol. The van der Waals surface area contributed by atoms with Gasteiger partial charge in [-0.05, 0) is 43.2 Å². The van der Waals surface area contributed by atoms with Crippen molar-refractivity contribution in [3.8, 4) is 5.75 Å². The third-order valence-corrected chi connectivity index (χ3v) is 4.53. The number of nitrogens with one attached hydrogen (secondary N) is 1. The maximum atomic E-state index is 12.5. The number of aromatic hydroxyl groups is 1. The predicted octanol–water partition coefficient (Wildman–Crippen LogP) is 2.76. The zero-order valence-electron chi connectivity index (χ0n) is 13.9. The summed E-state index contributed by atoms with van der Waals surface area (Å²) in [5.41, 5.74) is 2.59. The molecule has 3 aromatic rings. The number of phenols is 1. The van der Waals surface area contributed by atoms with Crippen LogP contribution >= 0.6 is 0 Å². The smallest absolute Gasteiger partial charge is 0.321 e. The van der Waals surface area contributed by atoms with E-state index < -0.39 is 0 Å². The minimum atomic E-state index is -0.113. The molecule has 7 heteroatoms. The van der Waals surface area contributed by atoms with Crippen LogP contribution < -0.4 is 5.32 Å². The number of amides is 2. The molecule has 25 heavy (non-hydrogen) atoms. The molecule has 1 aliphatic rings. The van der Waals surface area contributed by atoms with Crippen molar-refractivity contribution in [1.82, 2.24) is 19.5 Å². The fraction of sp³-hybridized carbons (Fsp3) is 0.278. The number of benzene rings is 1. The molecule has 2 N–H and O–H groups in total. The number of carbonyl (C=O) groups excluding carboxylic acids is 1. The summed E-state index contributed by atoms with van der Waals surface area (Å²) in [6.07, 6.45) is 2.68. The summed E-state index contributed by atoms with van der Waals surface area (Å²) in [5.74, 6) is 1.25. The van der Waals surface area contributed by atoms with Crippen molar-refractivity contribution in [2.45, 2.75) is 19.3 Å². The Kier molecular flexibility index (Phi) is 3.76. The summed E-state index contributed by atoms with van der Waals surface area (Å²) in [6.45, 7) is 3.21. The van der Waals surface area contributed by atoms with E-state index in [2.05, 4.69) is 15.4 Å². The van der Waals surface area contributed by atoms with E-state index in [9.17, 15) is 9.90 Å². The molecule has 1 aliphatic heterocycles. The second-order valence-corrected chi connectivity index (χ2v) is 6.33. The number of hydrogen-bond acceptors (Lipinski definition) is 4. The third kappa shape index (κ3) is 3.13. The number of rotatable bonds is 2. The van der Waals surface area contributed by atoms with E-state index in [1.807, 2.05) is 36.1 Å². The fourth-order valence-corrected chi connectivity index (χ4v) is 3.23. The van der Waals surface area contributed by atoms with Crippen LogP contribution in [0.4, 0.5) is 10.5 Å². The van der Waals surface area contributed by atoms with Crippen LogP contribution in [0, 0.1) is 6.92 Å². The molecule has 2 aromatic heterocycles. The molecule has 1 unspecified atom stereocenters. The molecule has 0 spiro atoms. The van der Waals surface area contributed by atoms with Crippen LogP contribution in [0.5, 0.6) is 5.75 Å². The van der Waals surface area contributed by atoms with Crippen molar-refractivity contribution >= 4 is 17.4 Å². The lowest BCUT2D eigenvalue weighted by Gasteiger charge is -2.17. The Bertz CT molecular complexity index is 919. The number of nitrogens with zero attached hydrogens (tertiary/aromatic N) is 4. The Morgan fingerprint density at radius 3 is 2.84 bits per heavy atom. The van der Waals surface area contributed by atoms with Crippen molar-refractivity contribution in [2.24, 2.45) is 0 Å². The van der Waals surface area contributed by atoms with Gasteiger partial charge in [0.1, 0.15) is 11.6 Å². The van der Waals surface area contributed by atoms with E-state index in [0.717, 1.165) is 17.6 Å². The van der Waals surface area contributed by atoms with Gasteiger partial charge in [-0.3, -0.25) is 0 Å². The zero-order valence-corrected chi connectivity index (χ0v) is 13.9. The summed E-state index contributed by atoms with van der Waals surface area (Å²) < 4.78 is 1.66. The van der Waals surface area contributed by atoms with Gasteiger partial charge in [0.2, 0.25) is 0 Å². The molecular formula is C18H19N5O2. The largest absolute Gasteiger partial charge is 0.508 e. The van der Waals surface area contributed by atoms with Gasteiger partial charge in [0.25, 0.3) is 0 Å². The summed E-state index contributed by atoms with van der Waals surface area (Å²) in [4.78, 5) is 18.6. The summed E-state index contributed by atoms with van der Waals surface area (Å²) in [5, 5.41) is 16.6. The maximum Gasteiger partial charge on any atom is 0.321 e. The molecule has 4 rings (SSSR count). The summed E-state index contributed by atoms with van der Waals surface area (Å²) >= 11 is 0. The molecule has 1 atom stereocenters. The van der Waals surface area contributed by atoms with E-state index in [1.165, 1.54) is 0 Å². The van der Waals surface area contributed by atoms with Gasteiger partial charge in [0, 0.05) is 19.0 Å². The maximum absolute atomic E-state index is 12.5. The highest BCUT2D eigenvalue weighted by molar-refractivity contribution is 5.89. The topological polar surface area (TPSA) is 82.8 Å². The molecule has 3 heterocycles. The van der Waals surface area contributed by atoms with Gasteiger partial charge in [0.05, 0.1) is 11.9 Å². The highest BCUT2D eigenvalue weighted by Gasteiger charge is 2.27. The highest BCUT2D eigenvalue weighted by Crippen LogP contribution is 2.28. The van der Waals surface area contributed by atoms with E-state index in [-0.39, 0.29) is 11.8 Å². The van der Waals surface area contributed by atoms with Crippen LogP contribution in [-0.2, 0) is 0 Å². The zero-order chi connectivity index (χ0) is 17.4. The molecule has 1 aromatic carbocycles. The lowest BCUT2D eigenvalue weighted by molar-refractivity contribution is 0.222. The Morgan fingerprint density at radius 2 is 2.04 bits per heavy atom. The van der Waals surface area contributed by atoms with Crippen LogP contribution in [0.15, 0.2) is 42.6 Å². The molecule has 2 amide bonds. The van der Waals surface area contributed by atoms with Crippen molar-refractivity contribution < 1.29 is 9.90 Å². The quantitative estimate of drug-likeness (QED) is 0.753. The van der Waals surface area contributed by atoms with Crippen LogP contribution in [-0.4, -0.2) is 43.7 Å². The Balaban J connectivity index is 1.43. The number of urea groups is 1. The third-order valence-electron chi connectivity index (χ3n) is 4.53. The number of phenolic OH excluding ortho intramolecular Hbond substituents is 1. The van der Waals surface area contributed by atoms with E-state index in [4.69, 9.17) is 0 Å². The van der Waals surface area contributed by atoms with E-state index in [0.29, 0.717) is 30.5 Å². The number of likely N-dealkylation sites (tertiary alicyclic amines) is 1.